The SMILES string of the molecule is COc1ccc2oc(C(=O)N[C@@H](C)CCN3CCOCC3)c(C)c2c1. The predicted octanol–water partition coefficient (Wildman–Crippen LogP) is 2.59. The maximum Gasteiger partial charge on any atom is 0.287 e. The molecule has 1 N–H and O–H groups in total. The molecular weight excluding hydrogens is 320 g/mol. The highest BCUT2D eigenvalue weighted by atomic mass is 16.5. The lowest BCUT2D eigenvalue weighted by Gasteiger charge is -2.27. The summed E-state index contributed by atoms with van der Waals surface area (Å²) in [7, 11) is 1.63. The van der Waals surface area contributed by atoms with Crippen molar-refractivity contribution in [3.8, 4) is 5.75 Å². The van der Waals surface area contributed by atoms with Crippen LogP contribution in [0.1, 0.15) is 29.5 Å². The van der Waals surface area contributed by atoms with Crippen molar-refractivity contribution in [2.75, 3.05) is 40.0 Å². The summed E-state index contributed by atoms with van der Waals surface area (Å²) < 4.78 is 16.4. The lowest BCUT2D eigenvalue weighted by Crippen LogP contribution is -2.40. The third-order valence-electron chi connectivity index (χ3n) is 4.71. The average Bonchev–Trinajstić information content (AvgIpc) is 2.97. The summed E-state index contributed by atoms with van der Waals surface area (Å²) in [6.45, 7) is 8.40. The fraction of sp³-hybridized carbons (Fsp3) is 0.526. The number of carbonyl (C=O) groups excluding carboxylic acids is 1. The summed E-state index contributed by atoms with van der Waals surface area (Å²) in [4.78, 5) is 14.9. The number of amides is 1. The van der Waals surface area contributed by atoms with Crippen molar-refractivity contribution < 1.29 is 18.7 Å². The lowest BCUT2D eigenvalue weighted by molar-refractivity contribution is 0.0362. The number of rotatable bonds is 6. The number of methoxy groups -OCH3 is 1. The molecule has 25 heavy (non-hydrogen) atoms. The molecule has 1 amide bonds. The molecule has 3 rings (SSSR count). The molecule has 1 aromatic heterocycles. The number of nitrogens with one attached hydrogen (secondary N) is 1. The number of benzene rings is 1. The maximum absolute atomic E-state index is 12.6. The van der Waals surface area contributed by atoms with Gasteiger partial charge >= 0.3 is 0 Å². The molecule has 2 aromatic rings. The third-order valence-corrected chi connectivity index (χ3v) is 4.71. The molecule has 0 radical (unpaired) electrons. The minimum Gasteiger partial charge on any atom is -0.497 e. The van der Waals surface area contributed by atoms with E-state index < -0.39 is 0 Å². The standard InChI is InChI=1S/C19H26N2O4/c1-13(6-7-21-8-10-24-11-9-21)20-19(22)18-14(2)16-12-15(23-3)4-5-17(16)25-18/h4-5,12-13H,6-11H2,1-3H3,(H,20,22)/t13-/m0/s1. The van der Waals surface area contributed by atoms with E-state index in [1.807, 2.05) is 32.0 Å². The van der Waals surface area contributed by atoms with Crippen LogP contribution in [0.3, 0.4) is 0 Å². The van der Waals surface area contributed by atoms with Gasteiger partial charge in [0.15, 0.2) is 5.76 Å². The lowest BCUT2D eigenvalue weighted by atomic mass is 10.1. The molecule has 1 aliphatic heterocycles. The van der Waals surface area contributed by atoms with Crippen molar-refractivity contribution in [1.82, 2.24) is 10.2 Å². The number of nitrogens with zero attached hydrogens (tertiary/aromatic N) is 1. The van der Waals surface area contributed by atoms with Gasteiger partial charge in [-0.15, -0.1) is 0 Å². The highest BCUT2D eigenvalue weighted by Gasteiger charge is 2.20. The molecule has 0 aliphatic carbocycles. The van der Waals surface area contributed by atoms with Crippen LogP contribution >= 0.6 is 0 Å². The molecule has 136 valence electrons. The zero-order valence-electron chi connectivity index (χ0n) is 15.1. The first-order chi connectivity index (χ1) is 12.1. The predicted molar refractivity (Wildman–Crippen MR) is 96.3 cm³/mol. The number of morpholine rings is 1. The van der Waals surface area contributed by atoms with Crippen LogP contribution in [0.25, 0.3) is 11.0 Å². The van der Waals surface area contributed by atoms with Crippen molar-refractivity contribution >= 4 is 16.9 Å². The van der Waals surface area contributed by atoms with E-state index in [0.29, 0.717) is 11.3 Å². The van der Waals surface area contributed by atoms with Gasteiger partial charge in [-0.2, -0.15) is 0 Å². The van der Waals surface area contributed by atoms with Crippen LogP contribution in [-0.4, -0.2) is 56.8 Å². The molecule has 1 atom stereocenters. The summed E-state index contributed by atoms with van der Waals surface area (Å²) in [5.41, 5.74) is 1.54. The van der Waals surface area contributed by atoms with E-state index in [-0.39, 0.29) is 11.9 Å². The zero-order valence-corrected chi connectivity index (χ0v) is 15.1. The number of hydrogen-bond donors (Lipinski definition) is 1. The van der Waals surface area contributed by atoms with Gasteiger partial charge in [0.05, 0.1) is 20.3 Å². The first-order valence-corrected chi connectivity index (χ1v) is 8.76. The first kappa shape index (κ1) is 17.8. The summed E-state index contributed by atoms with van der Waals surface area (Å²) in [5.74, 6) is 0.964. The Morgan fingerprint density at radius 3 is 2.84 bits per heavy atom. The van der Waals surface area contributed by atoms with Crippen LogP contribution in [0.5, 0.6) is 5.75 Å². The highest BCUT2D eigenvalue weighted by Crippen LogP contribution is 2.28. The number of aryl methyl sites for hydroxylation is 1. The zero-order chi connectivity index (χ0) is 17.8. The van der Waals surface area contributed by atoms with E-state index in [4.69, 9.17) is 13.9 Å². The molecule has 1 aromatic carbocycles. The summed E-state index contributed by atoms with van der Waals surface area (Å²) in [5, 5.41) is 3.95. The summed E-state index contributed by atoms with van der Waals surface area (Å²) >= 11 is 0. The number of hydrogen-bond acceptors (Lipinski definition) is 5. The van der Waals surface area contributed by atoms with Crippen LogP contribution in [0.2, 0.25) is 0 Å². The van der Waals surface area contributed by atoms with Crippen molar-refractivity contribution in [2.24, 2.45) is 0 Å². The minimum absolute atomic E-state index is 0.0810. The fourth-order valence-electron chi connectivity index (χ4n) is 3.11. The van der Waals surface area contributed by atoms with Gasteiger partial charge < -0.3 is 19.2 Å². The Bertz CT molecular complexity index is 734. The normalized spacial score (nSPS) is 16.8. The molecule has 0 saturated carbocycles. The van der Waals surface area contributed by atoms with Crippen LogP contribution in [0, 0.1) is 6.92 Å². The van der Waals surface area contributed by atoms with Gasteiger partial charge in [-0.05, 0) is 38.5 Å². The Hall–Kier alpha value is -2.05. The molecule has 0 spiro atoms. The second-order valence-corrected chi connectivity index (χ2v) is 6.54. The summed E-state index contributed by atoms with van der Waals surface area (Å²) in [6.07, 6.45) is 0.902. The topological polar surface area (TPSA) is 63.9 Å². The Morgan fingerprint density at radius 2 is 2.12 bits per heavy atom. The highest BCUT2D eigenvalue weighted by molar-refractivity contribution is 5.99. The monoisotopic (exact) mass is 346 g/mol. The largest absolute Gasteiger partial charge is 0.497 e. The van der Waals surface area contributed by atoms with Gasteiger partial charge in [0.1, 0.15) is 11.3 Å². The molecule has 0 bridgehead atoms. The molecule has 0 unspecified atom stereocenters. The van der Waals surface area contributed by atoms with E-state index >= 15 is 0 Å². The van der Waals surface area contributed by atoms with Gasteiger partial charge in [0, 0.05) is 36.6 Å². The molecule has 2 heterocycles. The van der Waals surface area contributed by atoms with Crippen molar-refractivity contribution in [1.29, 1.82) is 0 Å². The molecule has 1 aliphatic rings. The van der Waals surface area contributed by atoms with Crippen LogP contribution < -0.4 is 10.1 Å². The molecule has 1 fully saturated rings. The molecule has 6 nitrogen and oxygen atoms in total. The van der Waals surface area contributed by atoms with E-state index in [1.165, 1.54) is 0 Å². The number of furan rings is 1. The third kappa shape index (κ3) is 4.14. The molecular formula is C19H26N2O4. The summed E-state index contributed by atoms with van der Waals surface area (Å²) in [6, 6.07) is 5.64. The van der Waals surface area contributed by atoms with Crippen LogP contribution in [-0.2, 0) is 4.74 Å². The smallest absolute Gasteiger partial charge is 0.287 e. The van der Waals surface area contributed by atoms with Crippen LogP contribution in [0.15, 0.2) is 22.6 Å². The van der Waals surface area contributed by atoms with E-state index in [0.717, 1.165) is 56.0 Å². The van der Waals surface area contributed by atoms with E-state index in [1.54, 1.807) is 7.11 Å². The van der Waals surface area contributed by atoms with Crippen molar-refractivity contribution in [3.05, 3.63) is 29.5 Å². The van der Waals surface area contributed by atoms with E-state index in [9.17, 15) is 4.79 Å². The fourth-order valence-corrected chi connectivity index (χ4v) is 3.11. The van der Waals surface area contributed by atoms with Gasteiger partial charge in [0.25, 0.3) is 5.91 Å². The molecule has 1 saturated heterocycles. The Kier molecular flexibility index (Phi) is 5.60. The van der Waals surface area contributed by atoms with Crippen LogP contribution in [0.4, 0.5) is 0 Å². The minimum atomic E-state index is -0.165. The van der Waals surface area contributed by atoms with Gasteiger partial charge in [-0.3, -0.25) is 9.69 Å². The number of fused-ring (bicyclic) bond motifs is 1. The second-order valence-electron chi connectivity index (χ2n) is 6.54. The second kappa shape index (κ2) is 7.89. The number of carbonyl (C=O) groups is 1. The van der Waals surface area contributed by atoms with E-state index in [2.05, 4.69) is 10.2 Å². The molecule has 6 heteroatoms. The average molecular weight is 346 g/mol. The van der Waals surface area contributed by atoms with Gasteiger partial charge in [0.2, 0.25) is 0 Å². The van der Waals surface area contributed by atoms with Crippen molar-refractivity contribution in [3.63, 3.8) is 0 Å². The Morgan fingerprint density at radius 1 is 1.36 bits per heavy atom. The Balaban J connectivity index is 1.62. The quantitative estimate of drug-likeness (QED) is 0.871. The van der Waals surface area contributed by atoms with Gasteiger partial charge in [-0.25, -0.2) is 0 Å². The maximum atomic E-state index is 12.6. The first-order valence-electron chi connectivity index (χ1n) is 8.76. The van der Waals surface area contributed by atoms with Gasteiger partial charge in [-0.1, -0.05) is 0 Å². The number of ether oxygens (including phenoxy) is 2. The Labute approximate surface area is 148 Å². The van der Waals surface area contributed by atoms with Crippen molar-refractivity contribution in [2.45, 2.75) is 26.3 Å².